The van der Waals surface area contributed by atoms with Gasteiger partial charge in [-0.2, -0.15) is 0 Å². The molecule has 0 saturated heterocycles. The maximum Gasteiger partial charge on any atom is 0.224 e. The van der Waals surface area contributed by atoms with Gasteiger partial charge >= 0.3 is 0 Å². The maximum atomic E-state index is 13.9. The number of hydroxylamine groups is 6. The predicted molar refractivity (Wildman–Crippen MR) is 144 cm³/mol. The standard InChI is InChI=1S/C29H45N3O3/c1-6-7-8-15-20-29(26-16-11-9-12-17-26,27-18-13-10-14-19-27)25-28(33)30(21-23-31(2,3)34)22-24-32(4,5)35/h9-14,16-19H,6-8,15,20-25H2,1-5H3. The molecule has 0 atom stereocenters. The smallest absolute Gasteiger partial charge is 0.224 e. The van der Waals surface area contributed by atoms with Crippen molar-refractivity contribution in [3.8, 4) is 0 Å². The van der Waals surface area contributed by atoms with Crippen molar-refractivity contribution in [3.63, 3.8) is 0 Å². The van der Waals surface area contributed by atoms with Crippen LogP contribution in [0.4, 0.5) is 0 Å². The van der Waals surface area contributed by atoms with Gasteiger partial charge in [0, 0.05) is 11.8 Å². The van der Waals surface area contributed by atoms with E-state index in [1.807, 2.05) is 36.4 Å². The van der Waals surface area contributed by atoms with Gasteiger partial charge in [-0.05, 0) is 17.5 Å². The van der Waals surface area contributed by atoms with Crippen molar-refractivity contribution < 1.29 is 14.1 Å². The van der Waals surface area contributed by atoms with Crippen LogP contribution in [0.5, 0.6) is 0 Å². The highest BCUT2D eigenvalue weighted by atomic mass is 16.5. The van der Waals surface area contributed by atoms with Gasteiger partial charge in [-0.15, -0.1) is 0 Å². The number of amides is 1. The summed E-state index contributed by atoms with van der Waals surface area (Å²) in [6, 6.07) is 20.7. The number of carbonyl (C=O) groups excluding carboxylic acids is 1. The average molecular weight is 484 g/mol. The molecular formula is C29H45N3O3. The summed E-state index contributed by atoms with van der Waals surface area (Å²) in [5.41, 5.74) is 1.81. The Balaban J connectivity index is 2.45. The van der Waals surface area contributed by atoms with Gasteiger partial charge in [0.2, 0.25) is 5.91 Å². The van der Waals surface area contributed by atoms with Gasteiger partial charge < -0.3 is 24.6 Å². The molecule has 0 N–H and O–H groups in total. The molecule has 0 aromatic heterocycles. The summed E-state index contributed by atoms with van der Waals surface area (Å²) in [5.74, 6) is -0.00454. The highest BCUT2D eigenvalue weighted by Gasteiger charge is 2.37. The Kier molecular flexibility index (Phi) is 10.9. The lowest BCUT2D eigenvalue weighted by Crippen LogP contribution is -2.48. The van der Waals surface area contributed by atoms with Gasteiger partial charge in [0.25, 0.3) is 0 Å². The number of likely N-dealkylation sites (N-methyl/N-ethyl adjacent to an activating group) is 2. The Morgan fingerprint density at radius 1 is 0.771 bits per heavy atom. The number of hydrogen-bond donors (Lipinski definition) is 0. The molecule has 0 fully saturated rings. The predicted octanol–water partition coefficient (Wildman–Crippen LogP) is 5.31. The molecule has 194 valence electrons. The molecule has 0 spiro atoms. The van der Waals surface area contributed by atoms with Crippen LogP contribution >= 0.6 is 0 Å². The SMILES string of the molecule is CCCCCCC(CC(=O)N(CC[N+](C)(C)[O-])CC[N+](C)(C)[O-])(c1ccccc1)c1ccccc1. The highest BCUT2D eigenvalue weighted by Crippen LogP contribution is 2.41. The first-order valence-corrected chi connectivity index (χ1v) is 12.9. The zero-order valence-electron chi connectivity index (χ0n) is 22.4. The van der Waals surface area contributed by atoms with E-state index < -0.39 is 14.7 Å². The molecule has 0 bridgehead atoms. The molecular weight excluding hydrogens is 438 g/mol. The molecule has 0 aliphatic rings. The largest absolute Gasteiger partial charge is 0.633 e. The Labute approximate surface area is 212 Å². The quantitative estimate of drug-likeness (QED) is 0.196. The van der Waals surface area contributed by atoms with Gasteiger partial charge in [0.15, 0.2) is 0 Å². The van der Waals surface area contributed by atoms with Crippen molar-refractivity contribution >= 4 is 5.91 Å². The lowest BCUT2D eigenvalue weighted by atomic mass is 9.68. The molecule has 35 heavy (non-hydrogen) atoms. The lowest BCUT2D eigenvalue weighted by molar-refractivity contribution is -0.842. The van der Waals surface area contributed by atoms with Gasteiger partial charge in [-0.3, -0.25) is 4.79 Å². The van der Waals surface area contributed by atoms with Crippen LogP contribution < -0.4 is 0 Å². The van der Waals surface area contributed by atoms with Crippen molar-refractivity contribution in [2.75, 3.05) is 54.4 Å². The summed E-state index contributed by atoms with van der Waals surface area (Å²) < 4.78 is -0.947. The number of nitrogens with zero attached hydrogens (tertiary/aromatic N) is 3. The first kappa shape index (κ1) is 29.0. The van der Waals surface area contributed by atoms with Gasteiger partial charge in [-0.25, -0.2) is 0 Å². The van der Waals surface area contributed by atoms with Crippen LogP contribution in [-0.4, -0.2) is 74.5 Å². The molecule has 0 aliphatic heterocycles. The number of unbranched alkanes of at least 4 members (excludes halogenated alkanes) is 3. The molecule has 2 rings (SSSR count). The Morgan fingerprint density at radius 2 is 1.23 bits per heavy atom. The summed E-state index contributed by atoms with van der Waals surface area (Å²) in [5, 5.41) is 24.6. The fourth-order valence-corrected chi connectivity index (χ4v) is 4.57. The van der Waals surface area contributed by atoms with E-state index in [0.29, 0.717) is 19.5 Å². The van der Waals surface area contributed by atoms with Crippen molar-refractivity contribution in [3.05, 3.63) is 82.2 Å². The van der Waals surface area contributed by atoms with E-state index in [-0.39, 0.29) is 19.0 Å². The third kappa shape index (κ3) is 9.73. The van der Waals surface area contributed by atoms with Crippen LogP contribution in [0.15, 0.2) is 60.7 Å². The average Bonchev–Trinajstić information content (AvgIpc) is 2.80. The summed E-state index contributed by atoms with van der Waals surface area (Å²) in [6.07, 6.45) is 5.66. The summed E-state index contributed by atoms with van der Waals surface area (Å²) in [6.45, 7) is 3.46. The molecule has 0 aliphatic carbocycles. The fraction of sp³-hybridized carbons (Fsp3) is 0.552. The fourth-order valence-electron chi connectivity index (χ4n) is 4.57. The van der Waals surface area contributed by atoms with E-state index in [9.17, 15) is 15.2 Å². The van der Waals surface area contributed by atoms with Gasteiger partial charge in [-0.1, -0.05) is 93.3 Å². The third-order valence-electron chi connectivity index (χ3n) is 6.73. The molecule has 0 heterocycles. The summed E-state index contributed by atoms with van der Waals surface area (Å²) >= 11 is 0. The van der Waals surface area contributed by atoms with E-state index in [1.165, 1.54) is 6.42 Å². The molecule has 6 heteroatoms. The summed E-state index contributed by atoms with van der Waals surface area (Å²) in [7, 11) is 6.34. The van der Waals surface area contributed by atoms with E-state index >= 15 is 0 Å². The van der Waals surface area contributed by atoms with Crippen molar-refractivity contribution in [1.29, 1.82) is 0 Å². The number of benzene rings is 2. The molecule has 2 aromatic carbocycles. The van der Waals surface area contributed by atoms with Crippen LogP contribution in [0.2, 0.25) is 0 Å². The molecule has 0 unspecified atom stereocenters. The van der Waals surface area contributed by atoms with Gasteiger partial charge in [0.1, 0.15) is 0 Å². The van der Waals surface area contributed by atoms with E-state index in [2.05, 4.69) is 31.2 Å². The summed E-state index contributed by atoms with van der Waals surface area (Å²) in [4.78, 5) is 15.7. The van der Waals surface area contributed by atoms with Crippen LogP contribution in [0.25, 0.3) is 0 Å². The normalized spacial score (nSPS) is 12.5. The second-order valence-corrected chi connectivity index (χ2v) is 10.8. The number of hydrogen-bond acceptors (Lipinski definition) is 3. The monoisotopic (exact) mass is 483 g/mol. The van der Waals surface area contributed by atoms with Crippen molar-refractivity contribution in [2.24, 2.45) is 0 Å². The van der Waals surface area contributed by atoms with E-state index in [4.69, 9.17) is 0 Å². The van der Waals surface area contributed by atoms with E-state index in [1.54, 1.807) is 33.1 Å². The van der Waals surface area contributed by atoms with Crippen molar-refractivity contribution in [2.45, 2.75) is 50.9 Å². The van der Waals surface area contributed by atoms with Gasteiger partial charge in [0.05, 0.1) is 54.4 Å². The minimum Gasteiger partial charge on any atom is -0.633 e. The zero-order chi connectivity index (χ0) is 26.0. The number of carbonyl (C=O) groups is 1. The number of rotatable bonds is 15. The molecule has 0 saturated carbocycles. The minimum atomic E-state index is -0.473. The van der Waals surface area contributed by atoms with Crippen LogP contribution in [0.1, 0.15) is 56.6 Å². The molecule has 6 nitrogen and oxygen atoms in total. The van der Waals surface area contributed by atoms with Crippen LogP contribution in [0, 0.1) is 10.4 Å². The first-order chi connectivity index (χ1) is 16.5. The minimum absolute atomic E-state index is 0.00454. The first-order valence-electron chi connectivity index (χ1n) is 12.9. The zero-order valence-corrected chi connectivity index (χ0v) is 22.4. The van der Waals surface area contributed by atoms with Crippen LogP contribution in [0.3, 0.4) is 0 Å². The Hall–Kier alpha value is -2.25. The molecule has 2 aromatic rings. The highest BCUT2D eigenvalue weighted by molar-refractivity contribution is 5.79. The third-order valence-corrected chi connectivity index (χ3v) is 6.73. The second kappa shape index (κ2) is 13.2. The Bertz CT molecular complexity index is 816. The van der Waals surface area contributed by atoms with Crippen molar-refractivity contribution in [1.82, 2.24) is 4.90 Å². The molecule has 1 amide bonds. The number of quaternary nitrogens is 2. The second-order valence-electron chi connectivity index (χ2n) is 10.8. The topological polar surface area (TPSA) is 66.4 Å². The van der Waals surface area contributed by atoms with Crippen LogP contribution in [-0.2, 0) is 10.2 Å². The Morgan fingerprint density at radius 3 is 1.63 bits per heavy atom. The maximum absolute atomic E-state index is 13.9. The lowest BCUT2D eigenvalue weighted by Gasteiger charge is -2.40. The van der Waals surface area contributed by atoms with E-state index in [0.717, 1.165) is 36.8 Å². The molecule has 0 radical (unpaired) electrons.